The molecule has 2 aromatic heterocycles. The lowest BCUT2D eigenvalue weighted by Crippen LogP contribution is -2.35. The molecule has 0 aliphatic carbocycles. The zero-order valence-electron chi connectivity index (χ0n) is 11.5. The van der Waals surface area contributed by atoms with Gasteiger partial charge in [-0.25, -0.2) is 13.4 Å². The Morgan fingerprint density at radius 2 is 2.29 bits per heavy atom. The van der Waals surface area contributed by atoms with Gasteiger partial charge in [0.25, 0.3) is 5.56 Å². The fraction of sp³-hybridized carbons (Fsp3) is 0.385. The Labute approximate surface area is 126 Å². The number of aromatic nitrogens is 2. The number of H-pyrrole nitrogens is 1. The predicted molar refractivity (Wildman–Crippen MR) is 80.1 cm³/mol. The summed E-state index contributed by atoms with van der Waals surface area (Å²) >= 11 is 1.68. The number of sulfone groups is 1. The number of nitrogens with one attached hydrogen (secondary N) is 1. The van der Waals surface area contributed by atoms with Gasteiger partial charge in [0, 0.05) is 36.3 Å². The van der Waals surface area contributed by atoms with Crippen LogP contribution in [0.15, 0.2) is 27.5 Å². The highest BCUT2D eigenvalue weighted by atomic mass is 32.2. The van der Waals surface area contributed by atoms with Crippen LogP contribution in [-0.2, 0) is 29.3 Å². The van der Waals surface area contributed by atoms with E-state index >= 15 is 0 Å². The third kappa shape index (κ3) is 3.07. The molecule has 0 spiro atoms. The van der Waals surface area contributed by atoms with Crippen molar-refractivity contribution in [3.63, 3.8) is 0 Å². The normalized spacial score (nSPS) is 15.9. The van der Waals surface area contributed by atoms with Gasteiger partial charge in [-0.3, -0.25) is 14.7 Å². The first-order chi connectivity index (χ1) is 9.93. The fourth-order valence-corrected chi connectivity index (χ4v) is 3.70. The van der Waals surface area contributed by atoms with E-state index in [0.717, 1.165) is 19.3 Å². The van der Waals surface area contributed by atoms with Crippen LogP contribution in [0, 0.1) is 0 Å². The Kier molecular flexibility index (Phi) is 3.68. The van der Waals surface area contributed by atoms with Crippen LogP contribution in [0.5, 0.6) is 0 Å². The summed E-state index contributed by atoms with van der Waals surface area (Å²) < 4.78 is 23.1. The molecule has 0 bridgehead atoms. The molecule has 6 nitrogen and oxygen atoms in total. The summed E-state index contributed by atoms with van der Waals surface area (Å²) in [6.07, 6.45) is 1.64. The molecule has 3 rings (SSSR count). The van der Waals surface area contributed by atoms with Crippen molar-refractivity contribution in [1.82, 2.24) is 14.9 Å². The lowest BCUT2D eigenvalue weighted by molar-refractivity contribution is 0.241. The zero-order valence-corrected chi connectivity index (χ0v) is 13.1. The molecule has 0 unspecified atom stereocenters. The molecule has 0 radical (unpaired) electrons. The number of thiophene rings is 1. The summed E-state index contributed by atoms with van der Waals surface area (Å²) in [6.45, 7) is 2.06. The van der Waals surface area contributed by atoms with Crippen molar-refractivity contribution >= 4 is 21.2 Å². The molecule has 112 valence electrons. The van der Waals surface area contributed by atoms with E-state index in [-0.39, 0.29) is 10.7 Å². The molecule has 21 heavy (non-hydrogen) atoms. The van der Waals surface area contributed by atoms with E-state index < -0.39 is 9.84 Å². The highest BCUT2D eigenvalue weighted by molar-refractivity contribution is 7.90. The van der Waals surface area contributed by atoms with Crippen molar-refractivity contribution in [2.45, 2.75) is 24.7 Å². The van der Waals surface area contributed by atoms with Crippen LogP contribution in [0.1, 0.15) is 16.1 Å². The molecule has 2 aromatic rings. The molecule has 0 aromatic carbocycles. The number of hydrogen-bond acceptors (Lipinski definition) is 6. The van der Waals surface area contributed by atoms with Gasteiger partial charge >= 0.3 is 0 Å². The van der Waals surface area contributed by atoms with Crippen LogP contribution >= 0.6 is 11.3 Å². The van der Waals surface area contributed by atoms with Crippen LogP contribution in [0.2, 0.25) is 0 Å². The molecule has 0 atom stereocenters. The first kappa shape index (κ1) is 14.4. The minimum Gasteiger partial charge on any atom is -0.297 e. The Balaban J connectivity index is 1.91. The maximum Gasteiger partial charge on any atom is 0.255 e. The van der Waals surface area contributed by atoms with E-state index in [1.165, 1.54) is 4.88 Å². The molecule has 1 aliphatic heterocycles. The Bertz CT molecular complexity index is 810. The summed E-state index contributed by atoms with van der Waals surface area (Å²) in [4.78, 5) is 21.9. The van der Waals surface area contributed by atoms with Crippen LogP contribution < -0.4 is 5.56 Å². The first-order valence-electron chi connectivity index (χ1n) is 6.50. The second-order valence-electron chi connectivity index (χ2n) is 5.11. The predicted octanol–water partition coefficient (Wildman–Crippen LogP) is 0.793. The van der Waals surface area contributed by atoms with Gasteiger partial charge in [0.2, 0.25) is 15.0 Å². The minimum absolute atomic E-state index is 0.246. The van der Waals surface area contributed by atoms with Crippen molar-refractivity contribution in [2.75, 3.05) is 12.8 Å². The van der Waals surface area contributed by atoms with Crippen molar-refractivity contribution in [2.24, 2.45) is 0 Å². The molecule has 0 saturated heterocycles. The molecular formula is C13H15N3O3S2. The largest absolute Gasteiger partial charge is 0.297 e. The highest BCUT2D eigenvalue weighted by Gasteiger charge is 2.23. The van der Waals surface area contributed by atoms with Gasteiger partial charge in [-0.05, 0) is 17.9 Å². The SMILES string of the molecule is CS(=O)(=O)c1nc2c(c(=O)[nH]1)CCN(Cc1cccs1)C2. The van der Waals surface area contributed by atoms with E-state index in [1.54, 1.807) is 11.3 Å². The summed E-state index contributed by atoms with van der Waals surface area (Å²) in [7, 11) is -3.51. The summed E-state index contributed by atoms with van der Waals surface area (Å²) in [5.41, 5.74) is 0.836. The Morgan fingerprint density at radius 1 is 1.48 bits per heavy atom. The van der Waals surface area contributed by atoms with Gasteiger partial charge < -0.3 is 0 Å². The summed E-state index contributed by atoms with van der Waals surface area (Å²) in [6, 6.07) is 4.07. The van der Waals surface area contributed by atoms with Crippen molar-refractivity contribution in [1.29, 1.82) is 0 Å². The average Bonchev–Trinajstić information content (AvgIpc) is 2.90. The molecule has 8 heteroatoms. The Hall–Kier alpha value is -1.51. The quantitative estimate of drug-likeness (QED) is 0.844. The first-order valence-corrected chi connectivity index (χ1v) is 9.27. The fourth-order valence-electron chi connectivity index (χ4n) is 2.40. The van der Waals surface area contributed by atoms with E-state index in [1.807, 2.05) is 11.4 Å². The zero-order chi connectivity index (χ0) is 15.0. The summed E-state index contributed by atoms with van der Waals surface area (Å²) in [5, 5.41) is 1.78. The third-order valence-corrected chi connectivity index (χ3v) is 5.20. The van der Waals surface area contributed by atoms with E-state index in [2.05, 4.69) is 20.9 Å². The maximum absolute atomic E-state index is 12.0. The maximum atomic E-state index is 12.0. The smallest absolute Gasteiger partial charge is 0.255 e. The van der Waals surface area contributed by atoms with E-state index in [0.29, 0.717) is 24.2 Å². The van der Waals surface area contributed by atoms with Crippen molar-refractivity contribution in [3.05, 3.63) is 44.0 Å². The molecule has 3 heterocycles. The van der Waals surface area contributed by atoms with Gasteiger partial charge in [0.05, 0.1) is 5.69 Å². The minimum atomic E-state index is -3.51. The standard InChI is InChI=1S/C13H15N3O3S2/c1-21(18,19)13-14-11-8-16(7-9-3-2-6-20-9)5-4-10(11)12(17)15-13/h2-3,6H,4-5,7-8H2,1H3,(H,14,15,17). The molecular weight excluding hydrogens is 310 g/mol. The lowest BCUT2D eigenvalue weighted by Gasteiger charge is -2.27. The number of aromatic amines is 1. The van der Waals surface area contributed by atoms with Crippen LogP contribution in [0.25, 0.3) is 0 Å². The Morgan fingerprint density at radius 3 is 2.95 bits per heavy atom. The number of fused-ring (bicyclic) bond motifs is 1. The molecule has 1 aliphatic rings. The molecule has 1 N–H and O–H groups in total. The van der Waals surface area contributed by atoms with Gasteiger partial charge in [0.15, 0.2) is 0 Å². The molecule has 0 amide bonds. The van der Waals surface area contributed by atoms with Crippen LogP contribution in [0.3, 0.4) is 0 Å². The number of hydrogen-bond donors (Lipinski definition) is 1. The number of nitrogens with zero attached hydrogens (tertiary/aromatic N) is 2. The van der Waals surface area contributed by atoms with Crippen molar-refractivity contribution in [3.8, 4) is 0 Å². The topological polar surface area (TPSA) is 83.1 Å². The molecule has 0 saturated carbocycles. The van der Waals surface area contributed by atoms with Gasteiger partial charge in [-0.15, -0.1) is 11.3 Å². The van der Waals surface area contributed by atoms with Gasteiger partial charge in [0.1, 0.15) is 0 Å². The average molecular weight is 325 g/mol. The van der Waals surface area contributed by atoms with Crippen molar-refractivity contribution < 1.29 is 8.42 Å². The summed E-state index contributed by atoms with van der Waals surface area (Å²) in [5.74, 6) is 0. The van der Waals surface area contributed by atoms with Gasteiger partial charge in [-0.2, -0.15) is 0 Å². The second-order valence-corrected chi connectivity index (χ2v) is 8.07. The van der Waals surface area contributed by atoms with E-state index in [4.69, 9.17) is 0 Å². The highest BCUT2D eigenvalue weighted by Crippen LogP contribution is 2.19. The van der Waals surface area contributed by atoms with E-state index in [9.17, 15) is 13.2 Å². The second kappa shape index (κ2) is 5.36. The monoisotopic (exact) mass is 325 g/mol. The van der Waals surface area contributed by atoms with Gasteiger partial charge in [-0.1, -0.05) is 6.07 Å². The number of rotatable bonds is 3. The van der Waals surface area contributed by atoms with Crippen LogP contribution in [0.4, 0.5) is 0 Å². The third-order valence-electron chi connectivity index (χ3n) is 3.44. The van der Waals surface area contributed by atoms with Crippen LogP contribution in [-0.4, -0.2) is 36.1 Å². The lowest BCUT2D eigenvalue weighted by atomic mass is 10.1. The molecule has 0 fully saturated rings.